The molecule has 0 aliphatic heterocycles. The lowest BCUT2D eigenvalue weighted by Gasteiger charge is -2.16. The predicted octanol–water partition coefficient (Wildman–Crippen LogP) is 3.23. The van der Waals surface area contributed by atoms with E-state index in [-0.39, 0.29) is 23.3 Å². The summed E-state index contributed by atoms with van der Waals surface area (Å²) < 4.78 is 0.715. The molecule has 0 saturated carbocycles. The van der Waals surface area contributed by atoms with Crippen LogP contribution in [0, 0.1) is 0 Å². The van der Waals surface area contributed by atoms with Crippen LogP contribution in [0.15, 0.2) is 46.9 Å². The molecule has 2 aromatic carbocycles. The molecule has 0 radical (unpaired) electrons. The van der Waals surface area contributed by atoms with E-state index in [1.807, 2.05) is 25.1 Å². The molecule has 0 bridgehead atoms. The lowest BCUT2D eigenvalue weighted by atomic mass is 10.1. The molecule has 4 N–H and O–H groups in total. The van der Waals surface area contributed by atoms with Gasteiger partial charge in [-0.2, -0.15) is 0 Å². The topological polar surface area (TPSA) is 75.3 Å². The number of carbonyl (C=O) groups is 1. The van der Waals surface area contributed by atoms with Crippen molar-refractivity contribution >= 4 is 27.5 Å². The van der Waals surface area contributed by atoms with Crippen LogP contribution in [0.4, 0.5) is 5.69 Å². The fourth-order valence-electron chi connectivity index (χ4n) is 1.95. The highest BCUT2D eigenvalue weighted by atomic mass is 79.9. The minimum Gasteiger partial charge on any atom is -0.507 e. The highest BCUT2D eigenvalue weighted by Crippen LogP contribution is 2.24. The van der Waals surface area contributed by atoms with Gasteiger partial charge in [0.2, 0.25) is 0 Å². The van der Waals surface area contributed by atoms with Gasteiger partial charge in [0.1, 0.15) is 5.75 Å². The lowest BCUT2D eigenvalue weighted by Crippen LogP contribution is -2.27. The van der Waals surface area contributed by atoms with Gasteiger partial charge in [-0.1, -0.05) is 34.1 Å². The summed E-state index contributed by atoms with van der Waals surface area (Å²) in [5, 5.41) is 12.6. The second kappa shape index (κ2) is 5.96. The number of benzene rings is 2. The van der Waals surface area contributed by atoms with Crippen LogP contribution in [-0.4, -0.2) is 11.0 Å². The summed E-state index contributed by atoms with van der Waals surface area (Å²) in [7, 11) is 0. The molecule has 2 aromatic rings. The Hall–Kier alpha value is -2.01. The van der Waals surface area contributed by atoms with Crippen LogP contribution in [0.2, 0.25) is 0 Å². The molecule has 20 heavy (non-hydrogen) atoms. The highest BCUT2D eigenvalue weighted by Gasteiger charge is 2.16. The van der Waals surface area contributed by atoms with Crippen LogP contribution >= 0.6 is 15.9 Å². The Balaban J connectivity index is 2.17. The maximum atomic E-state index is 12.1. The number of hydrogen-bond acceptors (Lipinski definition) is 3. The number of nitrogens with two attached hydrogens (primary N) is 1. The smallest absolute Gasteiger partial charge is 0.255 e. The van der Waals surface area contributed by atoms with Gasteiger partial charge in [-0.3, -0.25) is 4.79 Å². The Bertz CT molecular complexity index is 644. The summed E-state index contributed by atoms with van der Waals surface area (Å²) in [4.78, 5) is 12.1. The van der Waals surface area contributed by atoms with Crippen molar-refractivity contribution in [3.63, 3.8) is 0 Å². The van der Waals surface area contributed by atoms with E-state index in [2.05, 4.69) is 21.2 Å². The number of phenolic OH excluding ortho intramolecular Hbond substituents is 1. The molecule has 2 rings (SSSR count). The van der Waals surface area contributed by atoms with Gasteiger partial charge in [0.15, 0.2) is 0 Å². The molecular weight excluding hydrogens is 320 g/mol. The Morgan fingerprint density at radius 3 is 2.65 bits per heavy atom. The number of aromatic hydroxyl groups is 1. The second-order valence-corrected chi connectivity index (χ2v) is 5.40. The molecule has 104 valence electrons. The van der Waals surface area contributed by atoms with E-state index in [4.69, 9.17) is 5.73 Å². The van der Waals surface area contributed by atoms with Crippen LogP contribution in [0.1, 0.15) is 28.9 Å². The third-order valence-electron chi connectivity index (χ3n) is 3.01. The number of para-hydroxylation sites is 1. The first kappa shape index (κ1) is 14.4. The summed E-state index contributed by atoms with van der Waals surface area (Å²) in [5.41, 5.74) is 7.58. The van der Waals surface area contributed by atoms with Crippen molar-refractivity contribution in [1.29, 1.82) is 0 Å². The average molecular weight is 335 g/mol. The van der Waals surface area contributed by atoms with Gasteiger partial charge in [0.25, 0.3) is 5.91 Å². The Labute approximate surface area is 125 Å². The van der Waals surface area contributed by atoms with E-state index < -0.39 is 0 Å². The minimum absolute atomic E-state index is 0.0647. The normalized spacial score (nSPS) is 11.9. The summed E-state index contributed by atoms with van der Waals surface area (Å²) in [6.45, 7) is 1.85. The highest BCUT2D eigenvalue weighted by molar-refractivity contribution is 9.10. The number of halogens is 1. The predicted molar refractivity (Wildman–Crippen MR) is 82.5 cm³/mol. The maximum Gasteiger partial charge on any atom is 0.255 e. The lowest BCUT2D eigenvalue weighted by molar-refractivity contribution is 0.0937. The molecule has 1 atom stereocenters. The summed E-state index contributed by atoms with van der Waals surface area (Å²) in [6, 6.07) is 11.9. The first-order valence-corrected chi connectivity index (χ1v) is 6.92. The summed E-state index contributed by atoms with van der Waals surface area (Å²) in [5.74, 6) is -0.407. The molecule has 0 aliphatic carbocycles. The second-order valence-electron chi connectivity index (χ2n) is 4.49. The van der Waals surface area contributed by atoms with Crippen LogP contribution in [0.3, 0.4) is 0 Å². The standard InChI is InChI=1S/C15H15BrN2O2/c1-9(11-4-2-3-5-13(11)17)18-15(20)12-7-6-10(16)8-14(12)19/h2-9,19H,17H2,1H3,(H,18,20). The number of hydrogen-bond donors (Lipinski definition) is 3. The van der Waals surface area contributed by atoms with Crippen LogP contribution in [0.25, 0.3) is 0 Å². The van der Waals surface area contributed by atoms with E-state index in [0.29, 0.717) is 10.2 Å². The summed E-state index contributed by atoms with van der Waals surface area (Å²) >= 11 is 3.23. The molecule has 0 heterocycles. The summed E-state index contributed by atoms with van der Waals surface area (Å²) in [6.07, 6.45) is 0. The van der Waals surface area contributed by atoms with Crippen molar-refractivity contribution < 1.29 is 9.90 Å². The monoisotopic (exact) mass is 334 g/mol. The fourth-order valence-corrected chi connectivity index (χ4v) is 2.30. The van der Waals surface area contributed by atoms with E-state index in [0.717, 1.165) is 5.56 Å². The zero-order valence-electron chi connectivity index (χ0n) is 10.9. The molecule has 0 aliphatic rings. The third kappa shape index (κ3) is 3.11. The molecule has 0 spiro atoms. The number of phenols is 1. The van der Waals surface area contributed by atoms with Gasteiger partial charge < -0.3 is 16.2 Å². The maximum absolute atomic E-state index is 12.1. The third-order valence-corrected chi connectivity index (χ3v) is 3.51. The van der Waals surface area contributed by atoms with Gasteiger partial charge in [-0.25, -0.2) is 0 Å². The molecule has 1 unspecified atom stereocenters. The first-order valence-electron chi connectivity index (χ1n) is 6.13. The van der Waals surface area contributed by atoms with Crippen molar-refractivity contribution in [2.75, 3.05) is 5.73 Å². The van der Waals surface area contributed by atoms with Gasteiger partial charge >= 0.3 is 0 Å². The van der Waals surface area contributed by atoms with Gasteiger partial charge in [0, 0.05) is 10.2 Å². The largest absolute Gasteiger partial charge is 0.507 e. The minimum atomic E-state index is -0.342. The van der Waals surface area contributed by atoms with Gasteiger partial charge in [-0.05, 0) is 36.8 Å². The average Bonchev–Trinajstić information content (AvgIpc) is 2.38. The molecule has 0 aromatic heterocycles. The van der Waals surface area contributed by atoms with Crippen molar-refractivity contribution in [3.05, 3.63) is 58.1 Å². The Morgan fingerprint density at radius 1 is 1.30 bits per heavy atom. The first-order chi connectivity index (χ1) is 9.49. The van der Waals surface area contributed by atoms with Crippen molar-refractivity contribution in [2.45, 2.75) is 13.0 Å². The number of nitrogens with one attached hydrogen (secondary N) is 1. The Morgan fingerprint density at radius 2 is 2.00 bits per heavy atom. The molecule has 0 fully saturated rings. The van der Waals surface area contributed by atoms with Gasteiger partial charge in [-0.15, -0.1) is 0 Å². The molecule has 0 saturated heterocycles. The molecule has 5 heteroatoms. The van der Waals surface area contributed by atoms with E-state index in [9.17, 15) is 9.90 Å². The number of amides is 1. The quantitative estimate of drug-likeness (QED) is 0.754. The van der Waals surface area contributed by atoms with Crippen molar-refractivity contribution in [2.24, 2.45) is 0 Å². The van der Waals surface area contributed by atoms with Crippen LogP contribution in [-0.2, 0) is 0 Å². The van der Waals surface area contributed by atoms with Crippen molar-refractivity contribution in [3.8, 4) is 5.75 Å². The van der Waals surface area contributed by atoms with E-state index >= 15 is 0 Å². The van der Waals surface area contributed by atoms with E-state index in [1.54, 1.807) is 18.2 Å². The zero-order chi connectivity index (χ0) is 14.7. The van der Waals surface area contributed by atoms with Crippen molar-refractivity contribution in [1.82, 2.24) is 5.32 Å². The number of rotatable bonds is 3. The van der Waals surface area contributed by atoms with E-state index in [1.165, 1.54) is 6.07 Å². The van der Waals surface area contributed by atoms with Crippen LogP contribution in [0.5, 0.6) is 5.75 Å². The number of nitrogen functional groups attached to an aromatic ring is 1. The Kier molecular flexibility index (Phi) is 4.29. The molecule has 1 amide bonds. The molecular formula is C15H15BrN2O2. The van der Waals surface area contributed by atoms with Gasteiger partial charge in [0.05, 0.1) is 11.6 Å². The van der Waals surface area contributed by atoms with Crippen LogP contribution < -0.4 is 11.1 Å². The number of carbonyl (C=O) groups excluding carboxylic acids is 1. The SMILES string of the molecule is CC(NC(=O)c1ccc(Br)cc1O)c1ccccc1N. The fraction of sp³-hybridized carbons (Fsp3) is 0.133. The molecule has 4 nitrogen and oxygen atoms in total. The zero-order valence-corrected chi connectivity index (χ0v) is 12.5. The number of anilines is 1.